The zero-order valence-corrected chi connectivity index (χ0v) is 17.6. The highest BCUT2D eigenvalue weighted by Crippen LogP contribution is 2.31. The average Bonchev–Trinajstić information content (AvgIpc) is 2.75. The number of benzene rings is 2. The Labute approximate surface area is 180 Å². The predicted octanol–water partition coefficient (Wildman–Crippen LogP) is 4.89. The number of aromatic nitrogens is 2. The van der Waals surface area contributed by atoms with E-state index in [-0.39, 0.29) is 35.9 Å². The maximum Gasteiger partial charge on any atom is 0.227 e. The van der Waals surface area contributed by atoms with Crippen LogP contribution in [0.15, 0.2) is 53.0 Å². The van der Waals surface area contributed by atoms with Crippen molar-refractivity contribution in [3.05, 3.63) is 65.9 Å². The van der Waals surface area contributed by atoms with Crippen LogP contribution in [0.2, 0.25) is 0 Å². The number of anilines is 2. The minimum atomic E-state index is -2.67. The maximum atomic E-state index is 14.4. The first kappa shape index (κ1) is 22.1. The van der Waals surface area contributed by atoms with Gasteiger partial charge in [-0.15, -0.1) is 4.36 Å². The van der Waals surface area contributed by atoms with Gasteiger partial charge in [0.05, 0.1) is 28.8 Å². The Bertz CT molecular complexity index is 1270. The zero-order chi connectivity index (χ0) is 22.4. The van der Waals surface area contributed by atoms with Gasteiger partial charge < -0.3 is 10.1 Å². The van der Waals surface area contributed by atoms with Crippen molar-refractivity contribution in [3.63, 3.8) is 0 Å². The van der Waals surface area contributed by atoms with Crippen LogP contribution in [0.4, 0.5) is 20.4 Å². The second kappa shape index (κ2) is 9.49. The van der Waals surface area contributed by atoms with Crippen molar-refractivity contribution in [1.29, 1.82) is 5.26 Å². The lowest BCUT2D eigenvalue weighted by atomic mass is 10.1. The van der Waals surface area contributed by atoms with E-state index in [4.69, 9.17) is 10.00 Å². The van der Waals surface area contributed by atoms with E-state index in [1.165, 1.54) is 19.2 Å². The van der Waals surface area contributed by atoms with Crippen molar-refractivity contribution in [2.24, 2.45) is 4.36 Å². The van der Waals surface area contributed by atoms with Gasteiger partial charge in [0.1, 0.15) is 17.3 Å². The van der Waals surface area contributed by atoms with Gasteiger partial charge >= 0.3 is 0 Å². The van der Waals surface area contributed by atoms with E-state index < -0.39 is 21.4 Å². The molecule has 3 rings (SSSR count). The summed E-state index contributed by atoms with van der Waals surface area (Å²) in [7, 11) is -1.31. The Balaban J connectivity index is 0.00000363. The number of rotatable bonds is 7. The molecular formula is C21H21F2N5O2S. The van der Waals surface area contributed by atoms with E-state index in [0.29, 0.717) is 11.3 Å². The molecule has 0 aliphatic rings. The molecule has 1 aromatic heterocycles. The lowest BCUT2D eigenvalue weighted by Crippen LogP contribution is -2.07. The monoisotopic (exact) mass is 445 g/mol. The number of halogens is 2. The van der Waals surface area contributed by atoms with E-state index in [2.05, 4.69) is 19.6 Å². The molecule has 0 bridgehead atoms. The second-order valence-corrected chi connectivity index (χ2v) is 9.05. The summed E-state index contributed by atoms with van der Waals surface area (Å²) >= 11 is 0. The molecule has 162 valence electrons. The maximum absolute atomic E-state index is 14.4. The third-order valence-electron chi connectivity index (χ3n) is 4.40. The minimum absolute atomic E-state index is 0. The first-order chi connectivity index (χ1) is 14.9. The van der Waals surface area contributed by atoms with Crippen LogP contribution < -0.4 is 10.1 Å². The van der Waals surface area contributed by atoms with Gasteiger partial charge in [0.2, 0.25) is 12.1 Å². The molecule has 1 unspecified atom stereocenters. The molecule has 2 aromatic carbocycles. The SMILES string of the molecule is CCS(=O)(Cc1cccc(Nc2ncc(F)c(-c3ccc(F)cc3OC)n2)c1)=NC#N.[HH]. The molecule has 3 aromatic rings. The molecule has 1 heterocycles. The van der Waals surface area contributed by atoms with E-state index in [9.17, 15) is 13.0 Å². The Kier molecular flexibility index (Phi) is 6.77. The van der Waals surface area contributed by atoms with Gasteiger partial charge in [-0.25, -0.2) is 23.0 Å². The van der Waals surface area contributed by atoms with Crippen LogP contribution in [0.1, 0.15) is 13.9 Å². The quantitative estimate of drug-likeness (QED) is 0.520. The summed E-state index contributed by atoms with van der Waals surface area (Å²) < 4.78 is 49.2. The molecule has 1 atom stereocenters. The molecule has 31 heavy (non-hydrogen) atoms. The summed E-state index contributed by atoms with van der Waals surface area (Å²) in [4.78, 5) is 8.16. The highest BCUT2D eigenvalue weighted by atomic mass is 32.2. The summed E-state index contributed by atoms with van der Waals surface area (Å²) in [5.41, 5.74) is 1.52. The molecule has 0 saturated heterocycles. The van der Waals surface area contributed by atoms with Gasteiger partial charge in [0, 0.05) is 24.5 Å². The second-order valence-electron chi connectivity index (χ2n) is 6.46. The smallest absolute Gasteiger partial charge is 0.227 e. The normalized spacial score (nSPS) is 12.5. The summed E-state index contributed by atoms with van der Waals surface area (Å²) in [6.07, 6.45) is 2.63. The first-order valence-corrected chi connectivity index (χ1v) is 11.1. The summed E-state index contributed by atoms with van der Waals surface area (Å²) in [6.45, 7) is 1.71. The molecule has 0 aliphatic heterocycles. The summed E-state index contributed by atoms with van der Waals surface area (Å²) in [6, 6.07) is 10.7. The molecule has 7 nitrogen and oxygen atoms in total. The molecule has 0 spiro atoms. The molecule has 10 heteroatoms. The lowest BCUT2D eigenvalue weighted by molar-refractivity contribution is 0.412. The molecule has 0 fully saturated rings. The van der Waals surface area contributed by atoms with Gasteiger partial charge in [-0.3, -0.25) is 0 Å². The van der Waals surface area contributed by atoms with Crippen molar-refractivity contribution in [1.82, 2.24) is 9.97 Å². The van der Waals surface area contributed by atoms with Gasteiger partial charge in [0.15, 0.2) is 5.82 Å². The van der Waals surface area contributed by atoms with E-state index in [1.54, 1.807) is 37.4 Å². The summed E-state index contributed by atoms with van der Waals surface area (Å²) in [5.74, 6) is -0.585. The topological polar surface area (TPSA) is 100 Å². The molecule has 0 radical (unpaired) electrons. The van der Waals surface area contributed by atoms with Gasteiger partial charge in [0.25, 0.3) is 0 Å². The van der Waals surface area contributed by atoms with Crippen molar-refractivity contribution in [2.45, 2.75) is 12.7 Å². The predicted molar refractivity (Wildman–Crippen MR) is 116 cm³/mol. The number of nitrogens with one attached hydrogen (secondary N) is 1. The standard InChI is InChI=1S/C21H19F2N5O2S.H2/c1-3-31(29,26-13-24)12-14-5-4-6-16(9-14)27-21-25-11-18(23)20(28-21)17-8-7-15(22)10-19(17)30-2;/h4-11H,3,12H2,1-2H3,(H,25,27,28);1H. The number of hydrogen-bond donors (Lipinski definition) is 1. The van der Waals surface area contributed by atoms with E-state index in [1.807, 2.05) is 0 Å². The van der Waals surface area contributed by atoms with E-state index in [0.717, 1.165) is 12.3 Å². The molecule has 0 amide bonds. The summed E-state index contributed by atoms with van der Waals surface area (Å²) in [5, 5.41) is 11.7. The van der Waals surface area contributed by atoms with E-state index >= 15 is 0 Å². The van der Waals surface area contributed by atoms with Crippen LogP contribution in [0.5, 0.6) is 5.75 Å². The van der Waals surface area contributed by atoms with Crippen LogP contribution in [-0.4, -0.2) is 27.0 Å². The number of methoxy groups -OCH3 is 1. The highest BCUT2D eigenvalue weighted by molar-refractivity contribution is 7.92. The number of nitriles is 1. The fraction of sp³-hybridized carbons (Fsp3) is 0.190. The average molecular weight is 445 g/mol. The third kappa shape index (κ3) is 5.32. The Morgan fingerprint density at radius 2 is 2.10 bits per heavy atom. The highest BCUT2D eigenvalue weighted by Gasteiger charge is 2.15. The zero-order valence-electron chi connectivity index (χ0n) is 16.8. The number of ether oxygens (including phenoxy) is 1. The lowest BCUT2D eigenvalue weighted by Gasteiger charge is -2.12. The van der Waals surface area contributed by atoms with Crippen molar-refractivity contribution >= 4 is 21.4 Å². The van der Waals surface area contributed by atoms with Crippen LogP contribution in [-0.2, 0) is 15.5 Å². The number of hydrogen-bond acceptors (Lipinski definition) is 7. The van der Waals surface area contributed by atoms with Crippen molar-refractivity contribution in [3.8, 4) is 23.2 Å². The third-order valence-corrected chi connectivity index (χ3v) is 6.50. The van der Waals surface area contributed by atoms with Crippen LogP contribution in [0.25, 0.3) is 11.3 Å². The van der Waals surface area contributed by atoms with Gasteiger partial charge in [-0.05, 0) is 29.8 Å². The Morgan fingerprint density at radius 1 is 1.29 bits per heavy atom. The van der Waals surface area contributed by atoms with Crippen molar-refractivity contribution in [2.75, 3.05) is 18.2 Å². The minimum Gasteiger partial charge on any atom is -0.496 e. The number of nitrogens with zero attached hydrogens (tertiary/aromatic N) is 4. The van der Waals surface area contributed by atoms with Crippen LogP contribution >= 0.6 is 0 Å². The molecule has 1 N–H and O–H groups in total. The fourth-order valence-electron chi connectivity index (χ4n) is 2.88. The van der Waals surface area contributed by atoms with Crippen molar-refractivity contribution < 1.29 is 19.2 Å². The Morgan fingerprint density at radius 3 is 2.81 bits per heavy atom. The molecule has 0 saturated carbocycles. The molecular weight excluding hydrogens is 424 g/mol. The Hall–Kier alpha value is -3.58. The first-order valence-electron chi connectivity index (χ1n) is 9.20. The van der Waals surface area contributed by atoms with Crippen LogP contribution in [0, 0.1) is 23.1 Å². The van der Waals surface area contributed by atoms with Crippen LogP contribution in [0.3, 0.4) is 0 Å². The largest absolute Gasteiger partial charge is 0.496 e. The van der Waals surface area contributed by atoms with Gasteiger partial charge in [-0.2, -0.15) is 5.26 Å². The molecule has 0 aliphatic carbocycles. The fourth-order valence-corrected chi connectivity index (χ4v) is 4.13. The van der Waals surface area contributed by atoms with Gasteiger partial charge in [-0.1, -0.05) is 19.1 Å².